The Morgan fingerprint density at radius 3 is 2.41 bits per heavy atom. The summed E-state index contributed by atoms with van der Waals surface area (Å²) in [6.45, 7) is 9.34. The zero-order valence-corrected chi connectivity index (χ0v) is 20.7. The molecule has 0 aromatic heterocycles. The number of nitrogens with zero attached hydrogens (tertiary/aromatic N) is 2. The summed E-state index contributed by atoms with van der Waals surface area (Å²) in [5, 5.41) is 3.23. The Bertz CT molecular complexity index is 1010. The van der Waals surface area contributed by atoms with E-state index in [1.807, 2.05) is 24.3 Å². The highest BCUT2D eigenvalue weighted by Gasteiger charge is 2.25. The average molecular weight is 456 g/mol. The Morgan fingerprint density at radius 1 is 1.15 bits per heavy atom. The first-order chi connectivity index (χ1) is 16.5. The Labute approximate surface area is 205 Å². The summed E-state index contributed by atoms with van der Waals surface area (Å²) in [5.41, 5.74) is 4.24. The van der Waals surface area contributed by atoms with E-state index in [4.69, 9.17) is 6.42 Å². The number of amides is 1. The van der Waals surface area contributed by atoms with Crippen molar-refractivity contribution >= 4 is 11.6 Å². The molecule has 1 heterocycles. The molecule has 4 heteroatoms. The molecule has 4 nitrogen and oxygen atoms in total. The van der Waals surface area contributed by atoms with Crippen molar-refractivity contribution in [3.05, 3.63) is 89.6 Å². The van der Waals surface area contributed by atoms with Gasteiger partial charge < -0.3 is 10.2 Å². The lowest BCUT2D eigenvalue weighted by molar-refractivity contribution is -0.121. The summed E-state index contributed by atoms with van der Waals surface area (Å²) in [4.78, 5) is 17.5. The summed E-state index contributed by atoms with van der Waals surface area (Å²) in [6.07, 6.45) is 14.2. The number of hydrogen-bond acceptors (Lipinski definition) is 3. The standard InChI is InChI=1S/C30H37N3O/c1-5-11-28(7-3)33(29-12-9-8-10-13-29)23-24(4)32-20-18-27(19-21-32)31-30(34)22-26-16-14-25(6-2)15-17-26/h2,5,7-17,24,27H,18-23H2,1,3-4H3,(H,31,34)/b11-5-,28-7+. The number of carbonyl (C=O) groups is 1. The molecule has 0 radical (unpaired) electrons. The van der Waals surface area contributed by atoms with E-state index in [2.05, 4.69) is 90.4 Å². The number of piperidine rings is 1. The summed E-state index contributed by atoms with van der Waals surface area (Å²) in [6, 6.07) is 18.8. The van der Waals surface area contributed by atoms with E-state index in [1.54, 1.807) is 0 Å². The van der Waals surface area contributed by atoms with Crippen LogP contribution in [0.15, 0.2) is 78.5 Å². The van der Waals surface area contributed by atoms with E-state index in [0.717, 1.165) is 43.6 Å². The molecule has 1 fully saturated rings. The van der Waals surface area contributed by atoms with Crippen molar-refractivity contribution in [3.8, 4) is 12.3 Å². The molecule has 178 valence electrons. The van der Waals surface area contributed by atoms with Crippen LogP contribution in [0.1, 0.15) is 44.7 Å². The van der Waals surface area contributed by atoms with Gasteiger partial charge in [-0.1, -0.05) is 48.4 Å². The average Bonchev–Trinajstić information content (AvgIpc) is 2.87. The maximum atomic E-state index is 12.5. The molecule has 3 rings (SSSR count). The van der Waals surface area contributed by atoms with Crippen LogP contribution in [-0.4, -0.2) is 42.5 Å². The fraction of sp³-hybridized carbons (Fsp3) is 0.367. The largest absolute Gasteiger partial charge is 0.353 e. The van der Waals surface area contributed by atoms with Crippen LogP contribution >= 0.6 is 0 Å². The molecular formula is C30H37N3O. The normalized spacial score (nSPS) is 16.2. The first kappa shape index (κ1) is 25.3. The molecule has 1 amide bonds. The topological polar surface area (TPSA) is 35.6 Å². The molecule has 0 spiro atoms. The van der Waals surface area contributed by atoms with Crippen LogP contribution in [0.25, 0.3) is 0 Å². The van der Waals surface area contributed by atoms with Crippen LogP contribution in [-0.2, 0) is 11.2 Å². The molecule has 0 saturated carbocycles. The number of hydrogen-bond donors (Lipinski definition) is 1. The number of para-hydroxylation sites is 1. The van der Waals surface area contributed by atoms with Gasteiger partial charge in [-0.25, -0.2) is 0 Å². The molecule has 2 aromatic rings. The van der Waals surface area contributed by atoms with Gasteiger partial charge in [0.25, 0.3) is 0 Å². The summed E-state index contributed by atoms with van der Waals surface area (Å²) >= 11 is 0. The van der Waals surface area contributed by atoms with E-state index < -0.39 is 0 Å². The van der Waals surface area contributed by atoms with Crippen molar-refractivity contribution in [2.45, 2.75) is 52.1 Å². The first-order valence-electron chi connectivity index (χ1n) is 12.2. The second-order valence-electron chi connectivity index (χ2n) is 8.90. The minimum atomic E-state index is 0.0827. The third-order valence-corrected chi connectivity index (χ3v) is 6.46. The Hall–Kier alpha value is -3.29. The lowest BCUT2D eigenvalue weighted by Gasteiger charge is -2.39. The zero-order valence-electron chi connectivity index (χ0n) is 20.7. The monoisotopic (exact) mass is 455 g/mol. The van der Waals surface area contributed by atoms with Gasteiger partial charge in [-0.2, -0.15) is 0 Å². The lowest BCUT2D eigenvalue weighted by Crippen LogP contribution is -2.50. The van der Waals surface area contributed by atoms with Gasteiger partial charge in [-0.15, -0.1) is 6.42 Å². The predicted molar refractivity (Wildman–Crippen MR) is 143 cm³/mol. The van der Waals surface area contributed by atoms with Crippen LogP contribution in [0.4, 0.5) is 5.69 Å². The van der Waals surface area contributed by atoms with E-state index in [1.165, 1.54) is 11.4 Å². The lowest BCUT2D eigenvalue weighted by atomic mass is 10.0. The smallest absolute Gasteiger partial charge is 0.224 e. The van der Waals surface area contributed by atoms with Crippen molar-refractivity contribution in [1.82, 2.24) is 10.2 Å². The van der Waals surface area contributed by atoms with E-state index in [9.17, 15) is 4.79 Å². The van der Waals surface area contributed by atoms with Crippen molar-refractivity contribution in [2.75, 3.05) is 24.5 Å². The number of carbonyl (C=O) groups excluding carboxylic acids is 1. The molecule has 1 unspecified atom stereocenters. The first-order valence-corrected chi connectivity index (χ1v) is 12.2. The molecule has 2 aromatic carbocycles. The summed E-state index contributed by atoms with van der Waals surface area (Å²) in [5.74, 6) is 2.69. The van der Waals surface area contributed by atoms with Gasteiger partial charge in [0.05, 0.1) is 6.42 Å². The quantitative estimate of drug-likeness (QED) is 0.419. The van der Waals surface area contributed by atoms with Gasteiger partial charge in [-0.3, -0.25) is 9.69 Å². The number of anilines is 1. The molecule has 1 atom stereocenters. The molecule has 0 bridgehead atoms. The van der Waals surface area contributed by atoms with E-state index in [-0.39, 0.29) is 11.9 Å². The number of nitrogens with one attached hydrogen (secondary N) is 1. The second-order valence-corrected chi connectivity index (χ2v) is 8.90. The minimum Gasteiger partial charge on any atom is -0.353 e. The van der Waals surface area contributed by atoms with Crippen molar-refractivity contribution < 1.29 is 4.79 Å². The van der Waals surface area contributed by atoms with Gasteiger partial charge in [0, 0.05) is 48.7 Å². The van der Waals surface area contributed by atoms with Gasteiger partial charge in [0.2, 0.25) is 5.91 Å². The summed E-state index contributed by atoms with van der Waals surface area (Å²) in [7, 11) is 0. The number of terminal acetylenes is 1. The Morgan fingerprint density at radius 2 is 1.82 bits per heavy atom. The summed E-state index contributed by atoms with van der Waals surface area (Å²) < 4.78 is 0. The molecular weight excluding hydrogens is 418 g/mol. The number of rotatable bonds is 9. The number of likely N-dealkylation sites (tertiary alicyclic amines) is 1. The molecule has 34 heavy (non-hydrogen) atoms. The predicted octanol–water partition coefficient (Wildman–Crippen LogP) is 5.17. The van der Waals surface area contributed by atoms with E-state index in [0.29, 0.717) is 12.5 Å². The van der Waals surface area contributed by atoms with Crippen molar-refractivity contribution in [1.29, 1.82) is 0 Å². The SMILES string of the molecule is C#Cc1ccc(CC(=O)NC2CCN(C(C)CN(C(/C=C\C)=C/C)c3ccccc3)CC2)cc1. The highest BCUT2D eigenvalue weighted by Crippen LogP contribution is 2.23. The van der Waals surface area contributed by atoms with Gasteiger partial charge in [0.1, 0.15) is 0 Å². The fourth-order valence-corrected chi connectivity index (χ4v) is 4.53. The third-order valence-electron chi connectivity index (χ3n) is 6.46. The van der Waals surface area contributed by atoms with Gasteiger partial charge in [-0.05, 0) is 69.5 Å². The Balaban J connectivity index is 1.53. The molecule has 1 saturated heterocycles. The molecule has 0 aliphatic carbocycles. The maximum absolute atomic E-state index is 12.5. The number of benzene rings is 2. The minimum absolute atomic E-state index is 0.0827. The van der Waals surface area contributed by atoms with Gasteiger partial charge in [0.15, 0.2) is 0 Å². The fourth-order valence-electron chi connectivity index (χ4n) is 4.53. The zero-order chi connectivity index (χ0) is 24.3. The molecule has 1 N–H and O–H groups in total. The van der Waals surface area contributed by atoms with Crippen LogP contribution in [0.3, 0.4) is 0 Å². The second kappa shape index (κ2) is 12.8. The Kier molecular flexibility index (Phi) is 9.55. The molecule has 1 aliphatic heterocycles. The maximum Gasteiger partial charge on any atom is 0.224 e. The van der Waals surface area contributed by atoms with Crippen LogP contribution in [0, 0.1) is 12.3 Å². The van der Waals surface area contributed by atoms with Crippen LogP contribution in [0.5, 0.6) is 0 Å². The highest BCUT2D eigenvalue weighted by atomic mass is 16.1. The van der Waals surface area contributed by atoms with Crippen molar-refractivity contribution in [3.63, 3.8) is 0 Å². The number of allylic oxidation sites excluding steroid dienone is 3. The third kappa shape index (κ3) is 7.10. The highest BCUT2D eigenvalue weighted by molar-refractivity contribution is 5.78. The van der Waals surface area contributed by atoms with Crippen LogP contribution in [0.2, 0.25) is 0 Å². The van der Waals surface area contributed by atoms with Crippen molar-refractivity contribution in [2.24, 2.45) is 0 Å². The molecule has 1 aliphatic rings. The van der Waals surface area contributed by atoms with Crippen LogP contribution < -0.4 is 10.2 Å². The van der Waals surface area contributed by atoms with Gasteiger partial charge >= 0.3 is 0 Å². The van der Waals surface area contributed by atoms with E-state index >= 15 is 0 Å².